The van der Waals surface area contributed by atoms with Crippen molar-refractivity contribution in [3.05, 3.63) is 53.3 Å². The number of carbonyl (C=O) groups excluding carboxylic acids is 3. The van der Waals surface area contributed by atoms with E-state index in [1.54, 1.807) is 18.9 Å². The molecule has 8 rings (SSSR count). The van der Waals surface area contributed by atoms with E-state index in [0.717, 1.165) is 83.6 Å². The third kappa shape index (κ3) is 8.45. The summed E-state index contributed by atoms with van der Waals surface area (Å²) in [6.45, 7) is 16.0. The minimum Gasteiger partial charge on any atom is -0.464 e. The third-order valence-electron chi connectivity index (χ3n) is 13.0. The van der Waals surface area contributed by atoms with Gasteiger partial charge in [-0.05, 0) is 73.4 Å². The molecule has 1 aliphatic carbocycles. The molecular weight excluding hydrogens is 755 g/mol. The van der Waals surface area contributed by atoms with Crippen molar-refractivity contribution in [1.29, 1.82) is 0 Å². The molecule has 58 heavy (non-hydrogen) atoms. The molecule has 312 valence electrons. The molecule has 3 fully saturated rings. The first-order valence-electron chi connectivity index (χ1n) is 21.1. The second-order valence-corrected chi connectivity index (χ2v) is 18.7. The molecule has 6 heterocycles. The van der Waals surface area contributed by atoms with E-state index in [0.29, 0.717) is 32.2 Å². The monoisotopic (exact) mass is 813 g/mol. The Labute approximate surface area is 346 Å². The number of nitrogens with one attached hydrogen (secondary N) is 2. The number of fused-ring (bicyclic) bond motifs is 5. The number of hydrazine groups is 1. The van der Waals surface area contributed by atoms with Crippen LogP contribution in [0.1, 0.15) is 82.8 Å². The molecule has 1 unspecified atom stereocenters. The fraction of sp³-hybridized carbons (Fsp3) is 0.614. The van der Waals surface area contributed by atoms with Crippen molar-refractivity contribution in [2.24, 2.45) is 28.2 Å². The average Bonchev–Trinajstić information content (AvgIpc) is 3.50. The number of carbonyl (C=O) groups is 3. The molecule has 0 radical (unpaired) electrons. The highest BCUT2D eigenvalue weighted by Crippen LogP contribution is 2.46. The van der Waals surface area contributed by atoms with Crippen LogP contribution < -0.4 is 10.7 Å². The van der Waals surface area contributed by atoms with Gasteiger partial charge in [-0.3, -0.25) is 34.3 Å². The van der Waals surface area contributed by atoms with Gasteiger partial charge in [-0.25, -0.2) is 5.43 Å². The molecule has 1 aromatic carbocycles. The Hall–Kier alpha value is -3.82. The van der Waals surface area contributed by atoms with Crippen LogP contribution in [0.5, 0.6) is 0 Å². The SMILES string of the molecule is CO[C@@H](C)c1ncccc1-c1c2c3cc(ccc3n1CCN1CCOCC1)C1CSC(=N1)C[C@H](NC(=O)[C@H]1[C@H](C)[C@@H]1C)C(=O)N1CCC[C@H](N1)C(=O)OCC(C)(C)C2. The number of methoxy groups -OCH3 is 1. The average molecular weight is 814 g/mol. The lowest BCUT2D eigenvalue weighted by Gasteiger charge is -2.35. The van der Waals surface area contributed by atoms with E-state index in [9.17, 15) is 14.4 Å². The zero-order valence-electron chi connectivity index (χ0n) is 34.8. The normalized spacial score (nSPS) is 28.4. The molecule has 2 aromatic heterocycles. The Kier molecular flexibility index (Phi) is 12.0. The van der Waals surface area contributed by atoms with Crippen molar-refractivity contribution in [1.82, 2.24) is 30.2 Å². The molecule has 7 atom stereocenters. The summed E-state index contributed by atoms with van der Waals surface area (Å²) in [6, 6.07) is 9.29. The van der Waals surface area contributed by atoms with Crippen molar-refractivity contribution in [3.63, 3.8) is 0 Å². The van der Waals surface area contributed by atoms with Crippen molar-refractivity contribution in [2.45, 2.75) is 91.1 Å². The summed E-state index contributed by atoms with van der Waals surface area (Å²) in [5.41, 5.74) is 9.13. The van der Waals surface area contributed by atoms with Gasteiger partial charge < -0.3 is 24.1 Å². The van der Waals surface area contributed by atoms with Crippen LogP contribution in [0.4, 0.5) is 0 Å². The van der Waals surface area contributed by atoms with E-state index >= 15 is 0 Å². The van der Waals surface area contributed by atoms with Crippen molar-refractivity contribution in [3.8, 4) is 11.3 Å². The Bertz CT molecular complexity index is 2050. The largest absolute Gasteiger partial charge is 0.464 e. The van der Waals surface area contributed by atoms with Crippen molar-refractivity contribution >= 4 is 45.5 Å². The van der Waals surface area contributed by atoms with Crippen LogP contribution in [0.3, 0.4) is 0 Å². The highest BCUT2D eigenvalue weighted by Gasteiger charge is 2.49. The number of aliphatic imine (C=N–C) groups is 1. The standard InChI is InChI=1S/C44H59N7O6S/c1-26-27(2)38(26)41(52)47-34-22-37-46-35(24-58-37)29-11-12-36-31(21-29)32(23-44(4,5)25-57-43(54)33-10-8-14-51(48-33)42(34)53)40(30-9-7-13-45-39(30)28(3)55-6)50(36)16-15-49-17-19-56-20-18-49/h7,9,11-13,21,26-28,33-35,38,48H,8,10,14-20,22-25H2,1-6H3,(H,47,52)/t26-,27+,28-,33-,34-,35?,38+/m0/s1. The van der Waals surface area contributed by atoms with E-state index < -0.39 is 17.5 Å². The summed E-state index contributed by atoms with van der Waals surface area (Å²) in [5.74, 6) is 0.439. The van der Waals surface area contributed by atoms with Crippen LogP contribution in [-0.2, 0) is 41.6 Å². The summed E-state index contributed by atoms with van der Waals surface area (Å²) >= 11 is 1.65. The van der Waals surface area contributed by atoms with Gasteiger partial charge in [0.2, 0.25) is 5.91 Å². The minimum atomic E-state index is -0.808. The van der Waals surface area contributed by atoms with Gasteiger partial charge in [0.25, 0.3) is 5.91 Å². The number of hydrogen-bond donors (Lipinski definition) is 2. The number of nitrogens with zero attached hydrogens (tertiary/aromatic N) is 5. The van der Waals surface area contributed by atoms with Crippen LogP contribution in [0.15, 0.2) is 41.5 Å². The van der Waals surface area contributed by atoms with Gasteiger partial charge >= 0.3 is 5.97 Å². The Balaban J connectivity index is 1.24. The Morgan fingerprint density at radius 1 is 1.12 bits per heavy atom. The molecule has 14 heteroatoms. The summed E-state index contributed by atoms with van der Waals surface area (Å²) in [5, 5.41) is 6.61. The first-order chi connectivity index (χ1) is 27.9. The summed E-state index contributed by atoms with van der Waals surface area (Å²) in [4.78, 5) is 54.1. The lowest BCUT2D eigenvalue weighted by atomic mass is 9.84. The number of pyridine rings is 1. The second kappa shape index (κ2) is 17.0. The van der Waals surface area contributed by atoms with Crippen LogP contribution >= 0.6 is 11.8 Å². The number of ether oxygens (including phenoxy) is 3. The predicted molar refractivity (Wildman–Crippen MR) is 225 cm³/mol. The summed E-state index contributed by atoms with van der Waals surface area (Å²) < 4.78 is 20.2. The van der Waals surface area contributed by atoms with Crippen molar-refractivity contribution in [2.75, 3.05) is 58.9 Å². The Morgan fingerprint density at radius 2 is 1.91 bits per heavy atom. The van der Waals surface area contributed by atoms with Crippen LogP contribution in [0.25, 0.3) is 22.2 Å². The number of aromatic nitrogens is 2. The van der Waals surface area contributed by atoms with E-state index in [2.05, 4.69) is 72.2 Å². The van der Waals surface area contributed by atoms with Gasteiger partial charge in [0, 0.05) is 86.0 Å². The second-order valence-electron chi connectivity index (χ2n) is 17.6. The molecule has 4 aliphatic heterocycles. The molecule has 3 aromatic rings. The zero-order valence-corrected chi connectivity index (χ0v) is 35.6. The number of esters is 1. The Morgan fingerprint density at radius 3 is 2.67 bits per heavy atom. The van der Waals surface area contributed by atoms with Gasteiger partial charge in [-0.1, -0.05) is 33.8 Å². The first-order valence-corrected chi connectivity index (χ1v) is 22.1. The van der Waals surface area contributed by atoms with E-state index in [1.807, 2.05) is 19.2 Å². The lowest BCUT2D eigenvalue weighted by Crippen LogP contribution is -2.60. The van der Waals surface area contributed by atoms with Gasteiger partial charge in [-0.2, -0.15) is 0 Å². The number of amides is 2. The molecule has 6 bridgehead atoms. The van der Waals surface area contributed by atoms with Gasteiger partial charge in [0.05, 0.1) is 48.4 Å². The van der Waals surface area contributed by atoms with Crippen molar-refractivity contribution < 1.29 is 28.6 Å². The number of cyclic esters (lactones) is 1. The predicted octanol–water partition coefficient (Wildman–Crippen LogP) is 5.33. The third-order valence-corrected chi connectivity index (χ3v) is 14.1. The number of hydrogen-bond acceptors (Lipinski definition) is 11. The lowest BCUT2D eigenvalue weighted by molar-refractivity contribution is -0.155. The maximum Gasteiger partial charge on any atom is 0.324 e. The highest BCUT2D eigenvalue weighted by atomic mass is 32.2. The zero-order chi connectivity index (χ0) is 40.7. The molecule has 2 amide bonds. The van der Waals surface area contributed by atoms with Gasteiger partial charge in [0.1, 0.15) is 12.1 Å². The summed E-state index contributed by atoms with van der Waals surface area (Å²) in [6.07, 6.45) is 3.70. The highest BCUT2D eigenvalue weighted by molar-refractivity contribution is 8.14. The van der Waals surface area contributed by atoms with E-state index in [4.69, 9.17) is 24.2 Å². The number of thioether (sulfide) groups is 1. The van der Waals surface area contributed by atoms with Crippen LogP contribution in [-0.4, -0.2) is 113 Å². The maximum absolute atomic E-state index is 14.2. The number of morpholine rings is 1. The minimum absolute atomic E-state index is 0.0978. The molecule has 2 N–H and O–H groups in total. The van der Waals surface area contributed by atoms with E-state index in [-0.39, 0.29) is 54.3 Å². The van der Waals surface area contributed by atoms with E-state index in [1.165, 1.54) is 10.6 Å². The fourth-order valence-corrected chi connectivity index (χ4v) is 10.3. The maximum atomic E-state index is 14.2. The quantitative estimate of drug-likeness (QED) is 0.287. The molecule has 2 saturated heterocycles. The number of benzene rings is 1. The topological polar surface area (TPSA) is 140 Å². The molecule has 13 nitrogen and oxygen atoms in total. The molecular formula is C44H59N7O6S. The molecule has 1 saturated carbocycles. The fourth-order valence-electron chi connectivity index (χ4n) is 9.18. The molecule has 5 aliphatic rings. The first kappa shape index (κ1) is 40.9. The summed E-state index contributed by atoms with van der Waals surface area (Å²) in [7, 11) is 1.72. The number of rotatable bonds is 8. The van der Waals surface area contributed by atoms with Crippen LogP contribution in [0.2, 0.25) is 0 Å². The van der Waals surface area contributed by atoms with Gasteiger partial charge in [-0.15, -0.1) is 11.8 Å². The van der Waals surface area contributed by atoms with Gasteiger partial charge in [0.15, 0.2) is 0 Å². The smallest absolute Gasteiger partial charge is 0.324 e. The molecule has 0 spiro atoms. The van der Waals surface area contributed by atoms with Crippen LogP contribution in [0, 0.1) is 23.2 Å².